The first-order valence-electron chi connectivity index (χ1n) is 11.7. The Balaban J connectivity index is 4.53. The Kier molecular flexibility index (Phi) is 14.1. The Labute approximate surface area is 170 Å². The minimum atomic E-state index is -0.883. The summed E-state index contributed by atoms with van der Waals surface area (Å²) < 4.78 is 0.436. The van der Waals surface area contributed by atoms with Gasteiger partial charge in [-0.1, -0.05) is 97.3 Å². The number of aliphatic carboxylic acids is 1. The molecule has 0 saturated carbocycles. The van der Waals surface area contributed by atoms with Gasteiger partial charge in [0.25, 0.3) is 0 Å². The van der Waals surface area contributed by atoms with Crippen LogP contribution in [0.15, 0.2) is 0 Å². The van der Waals surface area contributed by atoms with Crippen molar-refractivity contribution >= 4 is 5.97 Å². The lowest BCUT2D eigenvalue weighted by atomic mass is 9.76. The fourth-order valence-corrected chi connectivity index (χ4v) is 4.21. The number of nitrogens with zero attached hydrogens (tertiary/aromatic N) is 1. The van der Waals surface area contributed by atoms with E-state index in [9.17, 15) is 9.90 Å². The quantitative estimate of drug-likeness (QED) is 0.225. The zero-order chi connectivity index (χ0) is 20.8. The van der Waals surface area contributed by atoms with E-state index in [4.69, 9.17) is 0 Å². The van der Waals surface area contributed by atoms with E-state index in [-0.39, 0.29) is 5.92 Å². The van der Waals surface area contributed by atoms with Crippen LogP contribution in [0.3, 0.4) is 0 Å². The van der Waals surface area contributed by atoms with Gasteiger partial charge in [0.2, 0.25) is 0 Å². The number of carboxylic acid groups (broad SMARTS) is 1. The smallest absolute Gasteiger partial charge is 0.139 e. The van der Waals surface area contributed by atoms with Crippen molar-refractivity contribution in [2.45, 2.75) is 123 Å². The molecule has 0 aliphatic heterocycles. The second-order valence-corrected chi connectivity index (χ2v) is 9.61. The molecule has 0 bridgehead atoms. The molecule has 0 aromatic rings. The van der Waals surface area contributed by atoms with Gasteiger partial charge in [-0.3, -0.25) is 0 Å². The van der Waals surface area contributed by atoms with Crippen molar-refractivity contribution in [3.05, 3.63) is 0 Å². The molecule has 162 valence electrons. The van der Waals surface area contributed by atoms with Crippen LogP contribution in [0.1, 0.15) is 117 Å². The highest BCUT2D eigenvalue weighted by atomic mass is 16.4. The average molecular weight is 384 g/mol. The number of hydrogen-bond donors (Lipinski definition) is 0. The molecule has 27 heavy (non-hydrogen) atoms. The Morgan fingerprint density at radius 3 is 1.41 bits per heavy atom. The van der Waals surface area contributed by atoms with Crippen LogP contribution in [0.2, 0.25) is 0 Å². The van der Waals surface area contributed by atoms with Crippen molar-refractivity contribution in [3.8, 4) is 0 Å². The molecule has 0 radical (unpaired) electrons. The van der Waals surface area contributed by atoms with Crippen LogP contribution in [-0.4, -0.2) is 37.1 Å². The van der Waals surface area contributed by atoms with Crippen molar-refractivity contribution in [3.63, 3.8) is 0 Å². The van der Waals surface area contributed by atoms with Crippen LogP contribution >= 0.6 is 0 Å². The standard InChI is InChI=1S/C24H49NO2/c1-7-9-11-13-14-15-16-17-19-21-22(20-18-12-10-8-2)24(3,23(26)27)25(4,5)6/h22H,7-21H2,1-6H3. The average Bonchev–Trinajstić information content (AvgIpc) is 2.60. The van der Waals surface area contributed by atoms with Gasteiger partial charge in [-0.25, -0.2) is 0 Å². The molecule has 0 rings (SSSR count). The minimum Gasteiger partial charge on any atom is -0.544 e. The molecule has 0 fully saturated rings. The molecule has 2 atom stereocenters. The number of quaternary nitrogens is 1. The molecular weight excluding hydrogens is 334 g/mol. The van der Waals surface area contributed by atoms with Crippen LogP contribution in [0.4, 0.5) is 0 Å². The van der Waals surface area contributed by atoms with E-state index in [1.54, 1.807) is 0 Å². The monoisotopic (exact) mass is 383 g/mol. The summed E-state index contributed by atoms with van der Waals surface area (Å²) in [6, 6.07) is 0. The predicted molar refractivity (Wildman–Crippen MR) is 116 cm³/mol. The molecule has 0 spiro atoms. The van der Waals surface area contributed by atoms with Gasteiger partial charge in [-0.15, -0.1) is 0 Å². The molecule has 0 N–H and O–H groups in total. The van der Waals surface area contributed by atoms with Gasteiger partial charge in [0.05, 0.1) is 21.1 Å². The van der Waals surface area contributed by atoms with Crippen molar-refractivity contribution < 1.29 is 14.4 Å². The lowest BCUT2D eigenvalue weighted by Crippen LogP contribution is -2.68. The number of carboxylic acids is 1. The summed E-state index contributed by atoms with van der Waals surface area (Å²) in [6.07, 6.45) is 18.6. The van der Waals surface area contributed by atoms with E-state index in [2.05, 4.69) is 13.8 Å². The summed E-state index contributed by atoms with van der Waals surface area (Å²) in [6.45, 7) is 6.40. The first-order valence-corrected chi connectivity index (χ1v) is 11.7. The van der Waals surface area contributed by atoms with Crippen molar-refractivity contribution in [1.82, 2.24) is 0 Å². The number of unbranched alkanes of at least 4 members (excludes halogenated alkanes) is 11. The van der Waals surface area contributed by atoms with Crippen LogP contribution in [-0.2, 0) is 4.79 Å². The van der Waals surface area contributed by atoms with Crippen molar-refractivity contribution in [2.75, 3.05) is 21.1 Å². The summed E-state index contributed by atoms with van der Waals surface area (Å²) in [7, 11) is 6.02. The van der Waals surface area contributed by atoms with Gasteiger partial charge in [0.15, 0.2) is 0 Å². The second-order valence-electron chi connectivity index (χ2n) is 9.61. The highest BCUT2D eigenvalue weighted by Gasteiger charge is 2.46. The maximum Gasteiger partial charge on any atom is 0.139 e. The molecule has 3 nitrogen and oxygen atoms in total. The van der Waals surface area contributed by atoms with E-state index < -0.39 is 11.5 Å². The lowest BCUT2D eigenvalue weighted by molar-refractivity contribution is -0.918. The van der Waals surface area contributed by atoms with Crippen LogP contribution < -0.4 is 5.11 Å². The van der Waals surface area contributed by atoms with Gasteiger partial charge < -0.3 is 14.4 Å². The summed E-state index contributed by atoms with van der Waals surface area (Å²) in [5.41, 5.74) is -0.813. The molecule has 3 heteroatoms. The highest BCUT2D eigenvalue weighted by Crippen LogP contribution is 2.35. The van der Waals surface area contributed by atoms with E-state index in [1.165, 1.54) is 70.6 Å². The van der Waals surface area contributed by atoms with Crippen molar-refractivity contribution in [1.29, 1.82) is 0 Å². The summed E-state index contributed by atoms with van der Waals surface area (Å²) in [4.78, 5) is 12.1. The number of likely N-dealkylation sites (N-methyl/N-ethyl adjacent to an activating group) is 1. The van der Waals surface area contributed by atoms with Gasteiger partial charge in [0.1, 0.15) is 11.5 Å². The fraction of sp³-hybridized carbons (Fsp3) is 0.958. The minimum absolute atomic E-state index is 0.198. The van der Waals surface area contributed by atoms with E-state index in [1.807, 2.05) is 28.1 Å². The first kappa shape index (κ1) is 26.4. The Bertz CT molecular complexity index is 375. The molecule has 2 unspecified atom stereocenters. The Morgan fingerprint density at radius 2 is 1.07 bits per heavy atom. The molecule has 0 aliphatic rings. The fourth-order valence-electron chi connectivity index (χ4n) is 4.21. The topological polar surface area (TPSA) is 40.1 Å². The highest BCUT2D eigenvalue weighted by molar-refractivity contribution is 5.75. The predicted octanol–water partition coefficient (Wildman–Crippen LogP) is 5.71. The van der Waals surface area contributed by atoms with E-state index in [0.29, 0.717) is 4.48 Å². The lowest BCUT2D eigenvalue weighted by Gasteiger charge is -2.49. The first-order chi connectivity index (χ1) is 12.7. The molecule has 0 amide bonds. The van der Waals surface area contributed by atoms with Gasteiger partial charge in [-0.2, -0.15) is 0 Å². The molecular formula is C24H49NO2. The molecule has 0 aromatic carbocycles. The maximum atomic E-state index is 12.1. The SMILES string of the molecule is CCCCCCCCCCCC(CCCCCC)C(C)(C(=O)[O-])[N+](C)(C)C. The third kappa shape index (κ3) is 9.96. The maximum absolute atomic E-state index is 12.1. The summed E-state index contributed by atoms with van der Waals surface area (Å²) in [5, 5.41) is 12.1. The van der Waals surface area contributed by atoms with Gasteiger partial charge in [0, 0.05) is 5.92 Å². The summed E-state index contributed by atoms with van der Waals surface area (Å²) in [5.74, 6) is -0.685. The van der Waals surface area contributed by atoms with E-state index >= 15 is 0 Å². The molecule has 0 aliphatic carbocycles. The summed E-state index contributed by atoms with van der Waals surface area (Å²) >= 11 is 0. The number of hydrogen-bond acceptors (Lipinski definition) is 2. The Hall–Kier alpha value is -0.570. The Morgan fingerprint density at radius 1 is 0.741 bits per heavy atom. The van der Waals surface area contributed by atoms with E-state index in [0.717, 1.165) is 25.7 Å². The van der Waals surface area contributed by atoms with Gasteiger partial charge in [-0.05, 0) is 19.8 Å². The normalized spacial score (nSPS) is 15.5. The zero-order valence-electron chi connectivity index (χ0n) is 19.4. The largest absolute Gasteiger partial charge is 0.544 e. The van der Waals surface area contributed by atoms with Crippen LogP contribution in [0, 0.1) is 5.92 Å². The van der Waals surface area contributed by atoms with Crippen molar-refractivity contribution in [2.24, 2.45) is 5.92 Å². The molecule has 0 saturated heterocycles. The number of carbonyl (C=O) groups excluding carboxylic acids is 1. The second kappa shape index (κ2) is 14.4. The third-order valence-corrected chi connectivity index (χ3v) is 6.66. The molecule has 0 aromatic heterocycles. The van der Waals surface area contributed by atoms with Gasteiger partial charge >= 0.3 is 0 Å². The number of rotatable bonds is 18. The van der Waals surface area contributed by atoms with Crippen LogP contribution in [0.25, 0.3) is 0 Å². The number of carbonyl (C=O) groups is 1. The molecule has 0 heterocycles. The van der Waals surface area contributed by atoms with Crippen LogP contribution in [0.5, 0.6) is 0 Å². The third-order valence-electron chi connectivity index (χ3n) is 6.66. The zero-order valence-corrected chi connectivity index (χ0v) is 19.4.